The highest BCUT2D eigenvalue weighted by Crippen LogP contribution is 2.34. The summed E-state index contributed by atoms with van der Waals surface area (Å²) in [6.07, 6.45) is 0.806. The smallest absolute Gasteiger partial charge is 0.187 e. The largest absolute Gasteiger partial charge is 0.292 e. The number of Topliss-reactive ketones (excluding diaryl/α,β-unsaturated/α-hetero) is 1. The summed E-state index contributed by atoms with van der Waals surface area (Å²) in [7, 11) is 0. The van der Waals surface area contributed by atoms with Crippen molar-refractivity contribution >= 4 is 64.9 Å². The van der Waals surface area contributed by atoms with E-state index in [1.165, 1.54) is 11.3 Å². The first-order valence-electron chi connectivity index (χ1n) is 3.68. The summed E-state index contributed by atoms with van der Waals surface area (Å²) in [4.78, 5) is 12.4. The molecule has 1 aromatic rings. The molecular weight excluding hydrogens is 384 g/mol. The molecule has 0 bridgehead atoms. The zero-order chi connectivity index (χ0) is 10.0. The average Bonchev–Trinajstić information content (AvgIpc) is 2.45. The highest BCUT2D eigenvalue weighted by molar-refractivity contribution is 9.13. The van der Waals surface area contributed by atoms with Crippen LogP contribution < -0.4 is 0 Å². The first kappa shape index (κ1) is 11.9. The highest BCUT2D eigenvalue weighted by Gasteiger charge is 2.20. The monoisotopic (exact) mass is 388 g/mol. The fourth-order valence-corrected chi connectivity index (χ4v) is 3.36. The third-order valence-electron chi connectivity index (χ3n) is 1.56. The number of hydrogen-bond donors (Lipinski definition) is 0. The second-order valence-corrected chi connectivity index (χ2v) is 6.10. The van der Waals surface area contributed by atoms with Gasteiger partial charge in [0.25, 0.3) is 0 Å². The first-order chi connectivity index (χ1) is 6.07. The lowest BCUT2D eigenvalue weighted by Crippen LogP contribution is -2.11. The number of thiophene rings is 1. The summed E-state index contributed by atoms with van der Waals surface area (Å²) in [6.45, 7) is 1.98. The Kier molecular flexibility index (Phi) is 4.62. The third kappa shape index (κ3) is 2.64. The van der Waals surface area contributed by atoms with Crippen LogP contribution in [0.25, 0.3) is 0 Å². The Labute approximate surface area is 106 Å². The number of halogens is 3. The molecular formula is C8H7Br3OS. The maximum absolute atomic E-state index is 11.7. The van der Waals surface area contributed by atoms with E-state index in [0.29, 0.717) is 0 Å². The van der Waals surface area contributed by atoms with E-state index in [1.54, 1.807) is 0 Å². The van der Waals surface area contributed by atoms with Crippen molar-refractivity contribution in [3.63, 3.8) is 0 Å². The molecule has 5 heteroatoms. The summed E-state index contributed by atoms with van der Waals surface area (Å²) >= 11 is 11.5. The number of rotatable bonds is 3. The van der Waals surface area contributed by atoms with Gasteiger partial charge in [-0.3, -0.25) is 4.79 Å². The Morgan fingerprint density at radius 3 is 2.62 bits per heavy atom. The van der Waals surface area contributed by atoms with Gasteiger partial charge in [-0.25, -0.2) is 0 Å². The van der Waals surface area contributed by atoms with Gasteiger partial charge in [-0.05, 0) is 38.3 Å². The van der Waals surface area contributed by atoms with Gasteiger partial charge in [-0.15, -0.1) is 11.3 Å². The predicted molar refractivity (Wildman–Crippen MR) is 67.1 cm³/mol. The SMILES string of the molecule is CCC(Br)C(=O)c1scc(Br)c1Br. The molecule has 1 nitrogen and oxygen atoms in total. The molecule has 0 aliphatic heterocycles. The van der Waals surface area contributed by atoms with Crippen LogP contribution in [0.1, 0.15) is 23.0 Å². The lowest BCUT2D eigenvalue weighted by Gasteiger charge is -2.03. The average molecular weight is 391 g/mol. The Hall–Kier alpha value is 0.810. The molecule has 0 fully saturated rings. The molecule has 1 aromatic heterocycles. The van der Waals surface area contributed by atoms with Crippen LogP contribution in [0.15, 0.2) is 14.3 Å². The number of carbonyl (C=O) groups is 1. The summed E-state index contributed by atoms with van der Waals surface area (Å²) in [5.41, 5.74) is 0. The number of ketones is 1. The van der Waals surface area contributed by atoms with Gasteiger partial charge >= 0.3 is 0 Å². The minimum absolute atomic E-state index is 0.0747. The molecule has 1 atom stereocenters. The molecule has 13 heavy (non-hydrogen) atoms. The molecule has 0 aliphatic carbocycles. The second kappa shape index (κ2) is 5.05. The van der Waals surface area contributed by atoms with Gasteiger partial charge in [0, 0.05) is 9.85 Å². The molecule has 0 saturated carbocycles. The summed E-state index contributed by atoms with van der Waals surface area (Å²) < 4.78 is 1.80. The van der Waals surface area contributed by atoms with E-state index < -0.39 is 0 Å². The van der Waals surface area contributed by atoms with Gasteiger partial charge in [-0.1, -0.05) is 22.9 Å². The van der Waals surface area contributed by atoms with E-state index in [-0.39, 0.29) is 10.6 Å². The van der Waals surface area contributed by atoms with Gasteiger partial charge in [-0.2, -0.15) is 0 Å². The van der Waals surface area contributed by atoms with Crippen molar-refractivity contribution in [1.29, 1.82) is 0 Å². The van der Waals surface area contributed by atoms with Crippen molar-refractivity contribution in [1.82, 2.24) is 0 Å². The molecule has 0 saturated heterocycles. The minimum Gasteiger partial charge on any atom is -0.292 e. The van der Waals surface area contributed by atoms with E-state index >= 15 is 0 Å². The maximum Gasteiger partial charge on any atom is 0.187 e. The van der Waals surface area contributed by atoms with E-state index in [2.05, 4.69) is 47.8 Å². The Morgan fingerprint density at radius 2 is 2.23 bits per heavy atom. The van der Waals surface area contributed by atoms with Crippen LogP contribution in [0.3, 0.4) is 0 Å². The van der Waals surface area contributed by atoms with Crippen LogP contribution in [0, 0.1) is 0 Å². The zero-order valence-corrected chi connectivity index (χ0v) is 12.4. The lowest BCUT2D eigenvalue weighted by atomic mass is 10.2. The number of hydrogen-bond acceptors (Lipinski definition) is 2. The van der Waals surface area contributed by atoms with Gasteiger partial charge in [0.05, 0.1) is 14.2 Å². The number of carbonyl (C=O) groups excluding carboxylic acids is 1. The number of alkyl halides is 1. The Morgan fingerprint density at radius 1 is 1.62 bits per heavy atom. The van der Waals surface area contributed by atoms with Gasteiger partial charge in [0.15, 0.2) is 5.78 Å². The van der Waals surface area contributed by atoms with Crippen LogP contribution in [0.5, 0.6) is 0 Å². The van der Waals surface area contributed by atoms with Crippen molar-refractivity contribution in [3.05, 3.63) is 19.2 Å². The van der Waals surface area contributed by atoms with E-state index in [1.807, 2.05) is 12.3 Å². The van der Waals surface area contributed by atoms with Crippen LogP contribution in [0.2, 0.25) is 0 Å². The first-order valence-corrected chi connectivity index (χ1v) is 7.06. The molecule has 0 radical (unpaired) electrons. The fourth-order valence-electron chi connectivity index (χ4n) is 0.816. The van der Waals surface area contributed by atoms with Crippen molar-refractivity contribution < 1.29 is 4.79 Å². The zero-order valence-electron chi connectivity index (χ0n) is 6.81. The summed E-state index contributed by atoms with van der Waals surface area (Å²) in [5, 5.41) is 1.91. The van der Waals surface area contributed by atoms with E-state index in [9.17, 15) is 4.79 Å². The van der Waals surface area contributed by atoms with E-state index in [4.69, 9.17) is 0 Å². The molecule has 1 heterocycles. The van der Waals surface area contributed by atoms with Crippen LogP contribution >= 0.6 is 59.1 Å². The molecule has 0 N–H and O–H groups in total. The molecule has 0 spiro atoms. The van der Waals surface area contributed by atoms with Crippen molar-refractivity contribution in [2.75, 3.05) is 0 Å². The van der Waals surface area contributed by atoms with Gasteiger partial charge in [0.2, 0.25) is 0 Å². The fraction of sp³-hybridized carbons (Fsp3) is 0.375. The van der Waals surface area contributed by atoms with Crippen LogP contribution in [0.4, 0.5) is 0 Å². The van der Waals surface area contributed by atoms with Gasteiger partial charge < -0.3 is 0 Å². The molecule has 0 aromatic carbocycles. The molecule has 0 amide bonds. The van der Waals surface area contributed by atoms with Crippen LogP contribution in [-0.4, -0.2) is 10.6 Å². The van der Waals surface area contributed by atoms with Crippen molar-refractivity contribution in [2.24, 2.45) is 0 Å². The third-order valence-corrected chi connectivity index (χ3v) is 6.16. The minimum atomic E-state index is -0.0747. The molecule has 0 aliphatic rings. The highest BCUT2D eigenvalue weighted by atomic mass is 79.9. The molecule has 1 unspecified atom stereocenters. The predicted octanol–water partition coefficient (Wildman–Crippen LogP) is 4.63. The van der Waals surface area contributed by atoms with Crippen LogP contribution in [-0.2, 0) is 0 Å². The Balaban J connectivity index is 2.95. The quantitative estimate of drug-likeness (QED) is 0.543. The Bertz CT molecular complexity index is 321. The van der Waals surface area contributed by atoms with E-state index in [0.717, 1.165) is 20.2 Å². The summed E-state index contributed by atoms with van der Waals surface area (Å²) in [5.74, 6) is 0.144. The van der Waals surface area contributed by atoms with Crippen molar-refractivity contribution in [3.8, 4) is 0 Å². The molecule has 72 valence electrons. The topological polar surface area (TPSA) is 17.1 Å². The summed E-state index contributed by atoms with van der Waals surface area (Å²) in [6, 6.07) is 0. The van der Waals surface area contributed by atoms with Crippen molar-refractivity contribution in [2.45, 2.75) is 18.2 Å². The normalized spacial score (nSPS) is 12.9. The standard InChI is InChI=1S/C8H7Br3OS/c1-2-4(9)7(12)8-6(11)5(10)3-13-8/h3-4H,2H2,1H3. The lowest BCUT2D eigenvalue weighted by molar-refractivity contribution is 0.0993. The van der Waals surface area contributed by atoms with Gasteiger partial charge in [0.1, 0.15) is 0 Å². The maximum atomic E-state index is 11.7. The second-order valence-electron chi connectivity index (χ2n) is 2.47. The molecule has 1 rings (SSSR count).